The molecule has 1 N–H and O–H groups in total. The van der Waals surface area contributed by atoms with Gasteiger partial charge >= 0.3 is 11.9 Å². The number of oxime groups is 1. The summed E-state index contributed by atoms with van der Waals surface area (Å²) >= 11 is 2.87. The van der Waals surface area contributed by atoms with Crippen LogP contribution in [0.15, 0.2) is 40.4 Å². The number of fused-ring (bicyclic) bond motifs is 1. The lowest BCUT2D eigenvalue weighted by molar-refractivity contribution is -0.140. The number of hydrogen-bond acceptors (Lipinski definition) is 8. The minimum Gasteiger partial charge on any atom is -0.462 e. The van der Waals surface area contributed by atoms with E-state index in [2.05, 4.69) is 10.5 Å². The van der Waals surface area contributed by atoms with E-state index >= 15 is 0 Å². The van der Waals surface area contributed by atoms with Crippen molar-refractivity contribution in [1.29, 1.82) is 0 Å². The van der Waals surface area contributed by atoms with Crippen LogP contribution >= 0.6 is 23.1 Å². The minimum atomic E-state index is -0.526. The SMILES string of the molecule is CCOC(=O)c1c(NC(C)=O)sc2c1CCC(Sc1ccccc1)/C2=N\OC(C)=O. The summed E-state index contributed by atoms with van der Waals surface area (Å²) in [5.41, 5.74) is 1.69. The highest BCUT2D eigenvalue weighted by molar-refractivity contribution is 8.00. The Kier molecular flexibility index (Phi) is 7.28. The fraction of sp³-hybridized carbons (Fsp3) is 0.333. The number of nitrogens with zero attached hydrogens (tertiary/aromatic N) is 1. The van der Waals surface area contributed by atoms with E-state index in [1.807, 2.05) is 30.3 Å². The Hall–Kier alpha value is -2.65. The molecule has 9 heteroatoms. The third-order valence-electron chi connectivity index (χ3n) is 4.26. The van der Waals surface area contributed by atoms with Crippen LogP contribution in [0.1, 0.15) is 48.0 Å². The van der Waals surface area contributed by atoms with Crippen LogP contribution < -0.4 is 5.32 Å². The predicted molar refractivity (Wildman–Crippen MR) is 117 cm³/mol. The molecule has 1 amide bonds. The Balaban J connectivity index is 2.06. The molecule has 7 nitrogen and oxygen atoms in total. The van der Waals surface area contributed by atoms with Gasteiger partial charge in [0, 0.05) is 18.7 Å². The van der Waals surface area contributed by atoms with Crippen LogP contribution in [0.5, 0.6) is 0 Å². The number of carbonyl (C=O) groups excluding carboxylic acids is 3. The summed E-state index contributed by atoms with van der Waals surface area (Å²) in [5, 5.41) is 7.21. The molecule has 30 heavy (non-hydrogen) atoms. The summed E-state index contributed by atoms with van der Waals surface area (Å²) in [5.74, 6) is -1.30. The van der Waals surface area contributed by atoms with Gasteiger partial charge in [-0.1, -0.05) is 23.4 Å². The molecule has 0 bridgehead atoms. The number of thioether (sulfide) groups is 1. The zero-order valence-electron chi connectivity index (χ0n) is 16.9. The van der Waals surface area contributed by atoms with E-state index < -0.39 is 11.9 Å². The van der Waals surface area contributed by atoms with Gasteiger partial charge in [-0.25, -0.2) is 9.59 Å². The van der Waals surface area contributed by atoms with Crippen molar-refractivity contribution >= 4 is 51.7 Å². The Morgan fingerprint density at radius 3 is 2.60 bits per heavy atom. The molecule has 1 aliphatic carbocycles. The lowest BCUT2D eigenvalue weighted by Crippen LogP contribution is -2.26. The zero-order chi connectivity index (χ0) is 21.7. The quantitative estimate of drug-likeness (QED) is 0.405. The van der Waals surface area contributed by atoms with Crippen molar-refractivity contribution < 1.29 is 24.0 Å². The largest absolute Gasteiger partial charge is 0.462 e. The maximum atomic E-state index is 12.6. The summed E-state index contributed by atoms with van der Waals surface area (Å²) in [6, 6.07) is 9.87. The van der Waals surface area contributed by atoms with Gasteiger partial charge in [0.05, 0.1) is 22.3 Å². The molecule has 3 rings (SSSR count). The minimum absolute atomic E-state index is 0.0712. The number of ether oxygens (including phenoxy) is 1. The van der Waals surface area contributed by atoms with Gasteiger partial charge in [0.2, 0.25) is 5.91 Å². The van der Waals surface area contributed by atoms with E-state index in [1.54, 1.807) is 18.7 Å². The molecule has 0 fully saturated rings. The van der Waals surface area contributed by atoms with Gasteiger partial charge in [-0.2, -0.15) is 0 Å². The van der Waals surface area contributed by atoms with Gasteiger partial charge in [0.25, 0.3) is 0 Å². The van der Waals surface area contributed by atoms with E-state index in [4.69, 9.17) is 9.57 Å². The predicted octanol–water partition coefficient (Wildman–Crippen LogP) is 4.26. The molecule has 0 saturated heterocycles. The van der Waals surface area contributed by atoms with Crippen LogP contribution in [0, 0.1) is 0 Å². The molecule has 0 saturated carbocycles. The van der Waals surface area contributed by atoms with E-state index in [-0.39, 0.29) is 17.8 Å². The van der Waals surface area contributed by atoms with Gasteiger partial charge in [-0.3, -0.25) is 4.79 Å². The number of benzene rings is 1. The number of hydrogen-bond donors (Lipinski definition) is 1. The standard InChI is InChI=1S/C21H22N2O5S2/c1-4-27-21(26)17-15-10-11-16(29-14-8-6-5-7-9-14)18(23-28-13(3)25)19(15)30-20(17)22-12(2)24/h5-9,16H,4,10-11H2,1-3H3,(H,22,24)/b23-18+. The number of nitrogens with one attached hydrogen (secondary N) is 1. The van der Waals surface area contributed by atoms with Gasteiger partial charge in [-0.05, 0) is 37.5 Å². The van der Waals surface area contributed by atoms with Crippen molar-refractivity contribution in [2.75, 3.05) is 11.9 Å². The third-order valence-corrected chi connectivity index (χ3v) is 6.72. The van der Waals surface area contributed by atoms with Crippen LogP contribution in [0.25, 0.3) is 0 Å². The molecule has 1 unspecified atom stereocenters. The molecule has 1 aromatic carbocycles. The average Bonchev–Trinajstić information content (AvgIpc) is 3.05. The smallest absolute Gasteiger partial charge is 0.341 e. The summed E-state index contributed by atoms with van der Waals surface area (Å²) in [6.07, 6.45) is 1.30. The van der Waals surface area contributed by atoms with Crippen LogP contribution in [0.4, 0.5) is 5.00 Å². The van der Waals surface area contributed by atoms with Crippen LogP contribution in [0.2, 0.25) is 0 Å². The topological polar surface area (TPSA) is 94.1 Å². The highest BCUT2D eigenvalue weighted by Crippen LogP contribution is 2.42. The molecule has 1 aliphatic rings. The van der Waals surface area contributed by atoms with Crippen molar-refractivity contribution in [3.63, 3.8) is 0 Å². The lowest BCUT2D eigenvalue weighted by Gasteiger charge is -2.23. The van der Waals surface area contributed by atoms with Crippen molar-refractivity contribution in [2.45, 2.75) is 43.8 Å². The second-order valence-corrected chi connectivity index (χ2v) is 8.83. The monoisotopic (exact) mass is 446 g/mol. The van der Waals surface area contributed by atoms with Crippen molar-refractivity contribution in [3.05, 3.63) is 46.3 Å². The van der Waals surface area contributed by atoms with Crippen molar-refractivity contribution in [1.82, 2.24) is 0 Å². The number of amides is 1. The Morgan fingerprint density at radius 1 is 1.23 bits per heavy atom. The molecule has 1 atom stereocenters. The first kappa shape index (κ1) is 22.0. The van der Waals surface area contributed by atoms with Crippen LogP contribution in [-0.2, 0) is 25.6 Å². The molecule has 158 valence electrons. The second kappa shape index (κ2) is 9.90. The fourth-order valence-electron chi connectivity index (χ4n) is 3.13. The Labute approximate surface area is 182 Å². The van der Waals surface area contributed by atoms with E-state index in [9.17, 15) is 14.4 Å². The molecule has 2 aromatic rings. The van der Waals surface area contributed by atoms with Crippen LogP contribution in [0.3, 0.4) is 0 Å². The average molecular weight is 447 g/mol. The summed E-state index contributed by atoms with van der Waals surface area (Å²) in [4.78, 5) is 42.5. The lowest BCUT2D eigenvalue weighted by atomic mass is 9.93. The second-order valence-electron chi connectivity index (χ2n) is 6.53. The van der Waals surface area contributed by atoms with Gasteiger partial charge in [0.1, 0.15) is 10.7 Å². The van der Waals surface area contributed by atoms with Crippen molar-refractivity contribution in [2.24, 2.45) is 5.16 Å². The molecule has 0 spiro atoms. The van der Waals surface area contributed by atoms with E-state index in [0.29, 0.717) is 29.1 Å². The first-order chi connectivity index (χ1) is 14.4. The third kappa shape index (κ3) is 5.09. The first-order valence-corrected chi connectivity index (χ1v) is 11.2. The summed E-state index contributed by atoms with van der Waals surface area (Å²) < 4.78 is 5.22. The molecular weight excluding hydrogens is 424 g/mol. The maximum Gasteiger partial charge on any atom is 0.341 e. The number of carbonyl (C=O) groups is 3. The molecule has 0 radical (unpaired) electrons. The number of anilines is 1. The van der Waals surface area contributed by atoms with E-state index in [1.165, 1.54) is 25.2 Å². The Morgan fingerprint density at radius 2 is 1.97 bits per heavy atom. The highest BCUT2D eigenvalue weighted by Gasteiger charge is 2.35. The molecular formula is C21H22N2O5S2. The number of esters is 1. The van der Waals surface area contributed by atoms with Gasteiger partial charge in [-0.15, -0.1) is 23.1 Å². The zero-order valence-corrected chi connectivity index (χ0v) is 18.5. The van der Waals surface area contributed by atoms with Gasteiger partial charge in [0.15, 0.2) is 0 Å². The highest BCUT2D eigenvalue weighted by atomic mass is 32.2. The maximum absolute atomic E-state index is 12.6. The molecule has 0 aliphatic heterocycles. The van der Waals surface area contributed by atoms with Gasteiger partial charge < -0.3 is 14.9 Å². The molecule has 1 heterocycles. The van der Waals surface area contributed by atoms with Crippen LogP contribution in [-0.4, -0.2) is 35.4 Å². The number of rotatable bonds is 6. The normalized spacial score (nSPS) is 16.6. The first-order valence-electron chi connectivity index (χ1n) is 9.48. The number of thiophene rings is 1. The summed E-state index contributed by atoms with van der Waals surface area (Å²) in [6.45, 7) is 4.63. The summed E-state index contributed by atoms with van der Waals surface area (Å²) in [7, 11) is 0. The van der Waals surface area contributed by atoms with E-state index in [0.717, 1.165) is 15.3 Å². The fourth-order valence-corrected chi connectivity index (χ4v) is 5.67. The Bertz CT molecular complexity index is 985. The molecule has 1 aromatic heterocycles. The van der Waals surface area contributed by atoms with Crippen molar-refractivity contribution in [3.8, 4) is 0 Å².